The van der Waals surface area contributed by atoms with E-state index in [4.69, 9.17) is 4.74 Å². The van der Waals surface area contributed by atoms with Gasteiger partial charge in [-0.05, 0) is 39.7 Å². The number of aryl methyl sites for hydroxylation is 4. The van der Waals surface area contributed by atoms with Crippen LogP contribution in [0.1, 0.15) is 34.8 Å². The van der Waals surface area contributed by atoms with Crippen molar-refractivity contribution in [3.05, 3.63) is 40.7 Å². The number of ether oxygens (including phenoxy) is 1. The zero-order valence-electron chi connectivity index (χ0n) is 15.1. The average molecular weight is 343 g/mol. The first-order chi connectivity index (χ1) is 12.0. The molecular formula is C18H25N5O2. The Labute approximate surface area is 147 Å². The van der Waals surface area contributed by atoms with E-state index in [1.54, 1.807) is 6.33 Å². The fraction of sp³-hybridized carbons (Fsp3) is 0.556. The van der Waals surface area contributed by atoms with Crippen LogP contribution in [0.2, 0.25) is 0 Å². The van der Waals surface area contributed by atoms with Crippen molar-refractivity contribution in [1.29, 1.82) is 0 Å². The number of aromatic nitrogens is 4. The molecule has 1 amide bonds. The molecule has 1 atom stereocenters. The number of amides is 1. The van der Waals surface area contributed by atoms with Crippen LogP contribution in [0.4, 0.5) is 0 Å². The van der Waals surface area contributed by atoms with Gasteiger partial charge in [0.2, 0.25) is 5.91 Å². The summed E-state index contributed by atoms with van der Waals surface area (Å²) in [5.41, 5.74) is 4.86. The highest BCUT2D eigenvalue weighted by molar-refractivity contribution is 5.79. The SMILES string of the molecule is Cc1cc(CC[C@H]2CN(C(=O)Cc3c(C)n[nH]c3C)CCO2)ncn1. The van der Waals surface area contributed by atoms with Crippen molar-refractivity contribution in [1.82, 2.24) is 25.1 Å². The lowest BCUT2D eigenvalue weighted by atomic mass is 10.1. The molecule has 1 aliphatic rings. The van der Waals surface area contributed by atoms with Crippen LogP contribution in [0.25, 0.3) is 0 Å². The van der Waals surface area contributed by atoms with E-state index in [9.17, 15) is 4.79 Å². The van der Waals surface area contributed by atoms with Crippen molar-refractivity contribution in [2.24, 2.45) is 0 Å². The molecule has 25 heavy (non-hydrogen) atoms. The highest BCUT2D eigenvalue weighted by Gasteiger charge is 2.25. The molecule has 3 heterocycles. The fourth-order valence-corrected chi connectivity index (χ4v) is 3.17. The minimum Gasteiger partial charge on any atom is -0.375 e. The van der Waals surface area contributed by atoms with E-state index in [0.29, 0.717) is 26.1 Å². The minimum atomic E-state index is 0.0551. The molecule has 1 N–H and O–H groups in total. The lowest BCUT2D eigenvalue weighted by molar-refractivity contribution is -0.138. The topological polar surface area (TPSA) is 84.0 Å². The Bertz CT molecular complexity index is 723. The Morgan fingerprint density at radius 1 is 1.36 bits per heavy atom. The second-order valence-electron chi connectivity index (χ2n) is 6.61. The first kappa shape index (κ1) is 17.5. The summed E-state index contributed by atoms with van der Waals surface area (Å²) in [5, 5.41) is 7.11. The normalized spacial score (nSPS) is 17.7. The van der Waals surface area contributed by atoms with Crippen LogP contribution in [0.15, 0.2) is 12.4 Å². The molecule has 0 aliphatic carbocycles. The second kappa shape index (κ2) is 7.74. The van der Waals surface area contributed by atoms with E-state index in [0.717, 1.165) is 41.2 Å². The molecule has 1 saturated heterocycles. The molecule has 134 valence electrons. The van der Waals surface area contributed by atoms with Gasteiger partial charge in [-0.2, -0.15) is 5.10 Å². The smallest absolute Gasteiger partial charge is 0.227 e. The summed E-state index contributed by atoms with van der Waals surface area (Å²) in [4.78, 5) is 23.0. The van der Waals surface area contributed by atoms with Crippen molar-refractivity contribution in [2.75, 3.05) is 19.7 Å². The van der Waals surface area contributed by atoms with Gasteiger partial charge >= 0.3 is 0 Å². The molecule has 0 saturated carbocycles. The zero-order valence-corrected chi connectivity index (χ0v) is 15.1. The lowest BCUT2D eigenvalue weighted by Crippen LogP contribution is -2.46. The fourth-order valence-electron chi connectivity index (χ4n) is 3.17. The Kier molecular flexibility index (Phi) is 5.43. The molecule has 2 aromatic rings. The van der Waals surface area contributed by atoms with Gasteiger partial charge in [0.1, 0.15) is 6.33 Å². The molecule has 0 radical (unpaired) electrons. The van der Waals surface area contributed by atoms with Crippen LogP contribution < -0.4 is 0 Å². The van der Waals surface area contributed by atoms with E-state index >= 15 is 0 Å². The first-order valence-electron chi connectivity index (χ1n) is 8.70. The standard InChI is InChI=1S/C18H25N5O2/c1-12-8-15(20-11-19-12)4-5-16-10-23(6-7-25-16)18(24)9-17-13(2)21-22-14(17)3/h8,11,16H,4-7,9-10H2,1-3H3,(H,21,22)/t16-/m0/s1. The van der Waals surface area contributed by atoms with Gasteiger partial charge < -0.3 is 9.64 Å². The van der Waals surface area contributed by atoms with Gasteiger partial charge in [-0.3, -0.25) is 9.89 Å². The van der Waals surface area contributed by atoms with Crippen LogP contribution in [0.5, 0.6) is 0 Å². The largest absolute Gasteiger partial charge is 0.375 e. The molecule has 3 rings (SSSR count). The van der Waals surface area contributed by atoms with Crippen molar-refractivity contribution in [3.8, 4) is 0 Å². The van der Waals surface area contributed by atoms with Gasteiger partial charge in [-0.15, -0.1) is 0 Å². The summed E-state index contributed by atoms with van der Waals surface area (Å²) >= 11 is 0. The Morgan fingerprint density at radius 3 is 2.92 bits per heavy atom. The maximum absolute atomic E-state index is 12.6. The molecule has 0 unspecified atom stereocenters. The van der Waals surface area contributed by atoms with Crippen molar-refractivity contribution in [3.63, 3.8) is 0 Å². The van der Waals surface area contributed by atoms with E-state index < -0.39 is 0 Å². The summed E-state index contributed by atoms with van der Waals surface area (Å²) in [6.45, 7) is 7.72. The summed E-state index contributed by atoms with van der Waals surface area (Å²) in [5.74, 6) is 0.138. The van der Waals surface area contributed by atoms with Crippen molar-refractivity contribution < 1.29 is 9.53 Å². The number of rotatable bonds is 5. The molecule has 0 spiro atoms. The van der Waals surface area contributed by atoms with Gasteiger partial charge in [0.15, 0.2) is 0 Å². The highest BCUT2D eigenvalue weighted by atomic mass is 16.5. The van der Waals surface area contributed by atoms with Gasteiger partial charge in [0.05, 0.1) is 24.8 Å². The average Bonchev–Trinajstić information content (AvgIpc) is 2.92. The van der Waals surface area contributed by atoms with Gasteiger partial charge in [-0.1, -0.05) is 0 Å². The van der Waals surface area contributed by atoms with E-state index in [-0.39, 0.29) is 12.0 Å². The molecule has 1 aliphatic heterocycles. The van der Waals surface area contributed by atoms with Gasteiger partial charge in [-0.25, -0.2) is 9.97 Å². The third-order valence-corrected chi connectivity index (χ3v) is 4.68. The Balaban J connectivity index is 1.54. The predicted octanol–water partition coefficient (Wildman–Crippen LogP) is 1.53. The second-order valence-corrected chi connectivity index (χ2v) is 6.61. The summed E-state index contributed by atoms with van der Waals surface area (Å²) in [6, 6.07) is 2.00. The van der Waals surface area contributed by atoms with E-state index in [1.807, 2.05) is 31.7 Å². The quantitative estimate of drug-likeness (QED) is 0.890. The van der Waals surface area contributed by atoms with Crippen LogP contribution in [-0.2, 0) is 22.4 Å². The molecule has 0 bridgehead atoms. The number of nitrogens with one attached hydrogen (secondary N) is 1. The summed E-state index contributed by atoms with van der Waals surface area (Å²) in [6.07, 6.45) is 3.73. The number of carbonyl (C=O) groups excluding carboxylic acids is 1. The third kappa shape index (κ3) is 4.42. The lowest BCUT2D eigenvalue weighted by Gasteiger charge is -2.33. The third-order valence-electron chi connectivity index (χ3n) is 4.68. The molecule has 2 aromatic heterocycles. The molecule has 0 aromatic carbocycles. The maximum Gasteiger partial charge on any atom is 0.227 e. The number of hydrogen-bond donors (Lipinski definition) is 1. The minimum absolute atomic E-state index is 0.0551. The van der Waals surface area contributed by atoms with Crippen LogP contribution in [-0.4, -0.2) is 56.8 Å². The maximum atomic E-state index is 12.6. The Morgan fingerprint density at radius 2 is 2.20 bits per heavy atom. The van der Waals surface area contributed by atoms with E-state index in [2.05, 4.69) is 20.2 Å². The van der Waals surface area contributed by atoms with Crippen molar-refractivity contribution >= 4 is 5.91 Å². The van der Waals surface area contributed by atoms with Crippen molar-refractivity contribution in [2.45, 2.75) is 46.1 Å². The number of hydrogen-bond acceptors (Lipinski definition) is 5. The van der Waals surface area contributed by atoms with Gasteiger partial charge in [0, 0.05) is 35.7 Å². The van der Waals surface area contributed by atoms with Crippen LogP contribution >= 0.6 is 0 Å². The summed E-state index contributed by atoms with van der Waals surface area (Å²) in [7, 11) is 0. The molecule has 7 heteroatoms. The zero-order chi connectivity index (χ0) is 17.8. The van der Waals surface area contributed by atoms with Gasteiger partial charge in [0.25, 0.3) is 0 Å². The monoisotopic (exact) mass is 343 g/mol. The number of aromatic amines is 1. The van der Waals surface area contributed by atoms with Crippen LogP contribution in [0.3, 0.4) is 0 Å². The molecular weight excluding hydrogens is 318 g/mol. The number of H-pyrrole nitrogens is 1. The number of carbonyl (C=O) groups is 1. The predicted molar refractivity (Wildman–Crippen MR) is 93.2 cm³/mol. The molecule has 7 nitrogen and oxygen atoms in total. The Hall–Kier alpha value is -2.28. The van der Waals surface area contributed by atoms with Crippen LogP contribution in [0, 0.1) is 20.8 Å². The highest BCUT2D eigenvalue weighted by Crippen LogP contribution is 2.16. The first-order valence-corrected chi connectivity index (χ1v) is 8.70. The summed E-state index contributed by atoms with van der Waals surface area (Å²) < 4.78 is 5.84. The number of morpholine rings is 1. The van der Waals surface area contributed by atoms with E-state index in [1.165, 1.54) is 0 Å². The number of nitrogens with zero attached hydrogens (tertiary/aromatic N) is 4. The molecule has 1 fully saturated rings.